The number of nitrogens with one attached hydrogen (secondary N) is 2. The fourth-order valence-corrected chi connectivity index (χ4v) is 4.42. The highest BCUT2D eigenvalue weighted by Crippen LogP contribution is 2.32. The van der Waals surface area contributed by atoms with Crippen LogP contribution in [-0.2, 0) is 4.79 Å². The number of carbonyl (C=O) groups is 2. The Hall–Kier alpha value is -3.19. The van der Waals surface area contributed by atoms with Crippen LogP contribution in [0.5, 0.6) is 0 Å². The summed E-state index contributed by atoms with van der Waals surface area (Å²) < 4.78 is 0. The molecule has 2 aliphatic rings. The zero-order valence-corrected chi connectivity index (χ0v) is 17.0. The lowest BCUT2D eigenvalue weighted by Crippen LogP contribution is -2.47. The molecule has 30 heavy (non-hydrogen) atoms. The van der Waals surface area contributed by atoms with E-state index in [0.29, 0.717) is 17.4 Å². The number of H-pyrrole nitrogens is 1. The summed E-state index contributed by atoms with van der Waals surface area (Å²) in [4.78, 5) is 35.8. The molecule has 154 valence electrons. The molecule has 5 rings (SSSR count). The van der Waals surface area contributed by atoms with E-state index in [-0.39, 0.29) is 11.8 Å². The molecule has 7 nitrogen and oxygen atoms in total. The number of nitrogens with zero attached hydrogens (tertiary/aromatic N) is 3. The Morgan fingerprint density at radius 3 is 2.73 bits per heavy atom. The first-order valence-electron chi connectivity index (χ1n) is 10.4. The molecule has 0 radical (unpaired) electrons. The van der Waals surface area contributed by atoms with E-state index in [0.717, 1.165) is 48.9 Å². The van der Waals surface area contributed by atoms with Crippen molar-refractivity contribution < 1.29 is 9.59 Å². The van der Waals surface area contributed by atoms with Crippen LogP contribution in [-0.4, -0.2) is 53.7 Å². The van der Waals surface area contributed by atoms with Gasteiger partial charge in [-0.1, -0.05) is 0 Å². The van der Waals surface area contributed by atoms with Crippen molar-refractivity contribution in [3.05, 3.63) is 53.9 Å². The third-order valence-corrected chi connectivity index (χ3v) is 6.24. The van der Waals surface area contributed by atoms with E-state index in [1.54, 1.807) is 18.3 Å². The Labute approximate surface area is 175 Å². The highest BCUT2D eigenvalue weighted by molar-refractivity contribution is 6.04. The van der Waals surface area contributed by atoms with Gasteiger partial charge in [-0.25, -0.2) is 4.98 Å². The van der Waals surface area contributed by atoms with Gasteiger partial charge in [0.1, 0.15) is 12.1 Å². The van der Waals surface area contributed by atoms with Crippen LogP contribution in [0.25, 0.3) is 10.9 Å². The molecule has 2 saturated heterocycles. The molecular weight excluding hydrogens is 378 g/mol. The number of likely N-dealkylation sites (tertiary alicyclic amines) is 1. The van der Waals surface area contributed by atoms with Gasteiger partial charge in [-0.2, -0.15) is 0 Å². The maximum atomic E-state index is 12.6. The van der Waals surface area contributed by atoms with Crippen molar-refractivity contribution in [3.63, 3.8) is 0 Å². The lowest BCUT2D eigenvalue weighted by Gasteiger charge is -2.38. The van der Waals surface area contributed by atoms with E-state index in [2.05, 4.69) is 38.2 Å². The van der Waals surface area contributed by atoms with Crippen LogP contribution in [0.15, 0.2) is 42.6 Å². The van der Waals surface area contributed by atoms with E-state index in [4.69, 9.17) is 0 Å². The molecule has 0 spiro atoms. The summed E-state index contributed by atoms with van der Waals surface area (Å²) in [6, 6.07) is 11.9. The van der Waals surface area contributed by atoms with Gasteiger partial charge in [-0.3, -0.25) is 9.69 Å². The molecule has 2 N–H and O–H groups in total. The first kappa shape index (κ1) is 18.8. The summed E-state index contributed by atoms with van der Waals surface area (Å²) in [5, 5.41) is 3.94. The van der Waals surface area contributed by atoms with Crippen LogP contribution in [0.4, 0.5) is 11.5 Å². The van der Waals surface area contributed by atoms with Crippen LogP contribution in [0.2, 0.25) is 0 Å². The number of benzene rings is 1. The monoisotopic (exact) mass is 403 g/mol. The zero-order chi connectivity index (χ0) is 20.7. The van der Waals surface area contributed by atoms with Gasteiger partial charge < -0.3 is 20.0 Å². The second kappa shape index (κ2) is 7.57. The van der Waals surface area contributed by atoms with Gasteiger partial charge in [-0.15, -0.1) is 0 Å². The summed E-state index contributed by atoms with van der Waals surface area (Å²) >= 11 is 0. The van der Waals surface area contributed by atoms with Crippen LogP contribution in [0, 0.1) is 5.92 Å². The van der Waals surface area contributed by atoms with Gasteiger partial charge in [0.05, 0.1) is 5.52 Å². The molecule has 0 unspecified atom stereocenters. The van der Waals surface area contributed by atoms with Crippen molar-refractivity contribution >= 4 is 34.6 Å². The van der Waals surface area contributed by atoms with Gasteiger partial charge in [0.15, 0.2) is 0 Å². The van der Waals surface area contributed by atoms with Crippen LogP contribution >= 0.6 is 0 Å². The molecule has 1 aromatic carbocycles. The fraction of sp³-hybridized carbons (Fsp3) is 0.348. The Balaban J connectivity index is 1.28. The predicted octanol–water partition coefficient (Wildman–Crippen LogP) is 3.22. The molecule has 2 fully saturated rings. The molecule has 3 aromatic rings. The number of carbonyl (C=O) groups excluding carboxylic acids is 2. The largest absolute Gasteiger partial charge is 0.370 e. The lowest BCUT2D eigenvalue weighted by atomic mass is 10.0. The molecule has 0 bridgehead atoms. The van der Waals surface area contributed by atoms with Crippen LogP contribution < -0.4 is 10.2 Å². The number of fused-ring (bicyclic) bond motifs is 1. The van der Waals surface area contributed by atoms with E-state index >= 15 is 0 Å². The van der Waals surface area contributed by atoms with Gasteiger partial charge in [0, 0.05) is 59.6 Å². The van der Waals surface area contributed by atoms with E-state index in [1.165, 1.54) is 12.1 Å². The molecule has 4 heterocycles. The van der Waals surface area contributed by atoms with Crippen molar-refractivity contribution in [1.29, 1.82) is 0 Å². The quantitative estimate of drug-likeness (QED) is 0.640. The molecule has 0 saturated carbocycles. The molecule has 2 aliphatic heterocycles. The summed E-state index contributed by atoms with van der Waals surface area (Å²) in [5.41, 5.74) is 3.79. The molecule has 1 atom stereocenters. The molecule has 1 amide bonds. The van der Waals surface area contributed by atoms with Crippen molar-refractivity contribution in [2.24, 2.45) is 5.92 Å². The van der Waals surface area contributed by atoms with E-state index in [9.17, 15) is 9.59 Å². The standard InChI is InChI=1S/C23H25N5O2/c1-27-8-2-3-21(27)20-9-17-11-24-22(10-19(17)25-20)26-23(30)16-4-6-18(7-5-16)28-12-15(13-28)14-29/h4-7,9-11,14-15,21,25H,2-3,8,12-13H2,1H3,(H,24,26,30)/t21-/m1/s1. The highest BCUT2D eigenvalue weighted by Gasteiger charge is 2.26. The van der Waals surface area contributed by atoms with Gasteiger partial charge in [0.2, 0.25) is 0 Å². The molecular formula is C23H25N5O2. The Morgan fingerprint density at radius 2 is 2.03 bits per heavy atom. The summed E-state index contributed by atoms with van der Waals surface area (Å²) in [6.45, 7) is 2.61. The Morgan fingerprint density at radius 1 is 1.23 bits per heavy atom. The number of pyridine rings is 1. The zero-order valence-electron chi connectivity index (χ0n) is 17.0. The average molecular weight is 403 g/mol. The van der Waals surface area contributed by atoms with E-state index in [1.807, 2.05) is 18.2 Å². The van der Waals surface area contributed by atoms with Gasteiger partial charge in [-0.05, 0) is 56.8 Å². The second-order valence-electron chi connectivity index (χ2n) is 8.32. The third-order valence-electron chi connectivity index (χ3n) is 6.24. The minimum Gasteiger partial charge on any atom is -0.370 e. The van der Waals surface area contributed by atoms with Gasteiger partial charge in [0.25, 0.3) is 5.91 Å². The summed E-state index contributed by atoms with van der Waals surface area (Å²) in [7, 11) is 2.15. The second-order valence-corrected chi connectivity index (χ2v) is 8.32. The third kappa shape index (κ3) is 3.45. The van der Waals surface area contributed by atoms with E-state index < -0.39 is 0 Å². The highest BCUT2D eigenvalue weighted by atomic mass is 16.1. The minimum absolute atomic E-state index is 0.122. The van der Waals surface area contributed by atoms with Crippen LogP contribution in [0.3, 0.4) is 0 Å². The van der Waals surface area contributed by atoms with Gasteiger partial charge >= 0.3 is 0 Å². The molecule has 0 aliphatic carbocycles. The van der Waals surface area contributed by atoms with Crippen molar-refractivity contribution in [2.75, 3.05) is 36.9 Å². The maximum absolute atomic E-state index is 12.6. The summed E-state index contributed by atoms with van der Waals surface area (Å²) in [5.74, 6) is 0.461. The number of amides is 1. The molecule has 2 aromatic heterocycles. The minimum atomic E-state index is -0.190. The average Bonchev–Trinajstić information content (AvgIpc) is 3.33. The first-order valence-corrected chi connectivity index (χ1v) is 10.4. The Kier molecular flexibility index (Phi) is 4.75. The SMILES string of the molecule is CN1CCC[C@@H]1c1cc2cnc(NC(=O)c3ccc(N4CC(C=O)C4)cc3)cc2[nH]1. The number of aromatic amines is 1. The Bertz CT molecular complexity index is 1080. The number of anilines is 2. The number of hydrogen-bond donors (Lipinski definition) is 2. The number of aldehydes is 1. The first-order chi connectivity index (χ1) is 14.6. The van der Waals surface area contributed by atoms with Crippen LogP contribution in [0.1, 0.15) is 34.9 Å². The number of aromatic nitrogens is 2. The van der Waals surface area contributed by atoms with Crippen molar-refractivity contribution in [1.82, 2.24) is 14.9 Å². The number of rotatable bonds is 5. The lowest BCUT2D eigenvalue weighted by molar-refractivity contribution is -0.111. The smallest absolute Gasteiger partial charge is 0.256 e. The maximum Gasteiger partial charge on any atom is 0.256 e. The topological polar surface area (TPSA) is 81.3 Å². The normalized spacial score (nSPS) is 19.8. The molecule has 7 heteroatoms. The summed E-state index contributed by atoms with van der Waals surface area (Å²) in [6.07, 6.45) is 5.17. The van der Waals surface area contributed by atoms with Crippen molar-refractivity contribution in [3.8, 4) is 0 Å². The number of hydrogen-bond acceptors (Lipinski definition) is 5. The predicted molar refractivity (Wildman–Crippen MR) is 117 cm³/mol. The fourth-order valence-electron chi connectivity index (χ4n) is 4.42. The van der Waals surface area contributed by atoms with Crippen molar-refractivity contribution in [2.45, 2.75) is 18.9 Å².